The van der Waals surface area contributed by atoms with Gasteiger partial charge in [-0.3, -0.25) is 4.90 Å². The van der Waals surface area contributed by atoms with Gasteiger partial charge < -0.3 is 5.32 Å². The predicted octanol–water partition coefficient (Wildman–Crippen LogP) is 3.85. The minimum atomic E-state index is 0.612. The zero-order chi connectivity index (χ0) is 14.8. The fraction of sp³-hybridized carbons (Fsp3) is 0.667. The monoisotopic (exact) mass is 276 g/mol. The van der Waals surface area contributed by atoms with Gasteiger partial charge in [-0.25, -0.2) is 0 Å². The molecule has 114 valence electrons. The van der Waals surface area contributed by atoms with Crippen LogP contribution in [0.2, 0.25) is 0 Å². The lowest BCUT2D eigenvalue weighted by Gasteiger charge is -2.27. The van der Waals surface area contributed by atoms with Crippen molar-refractivity contribution >= 4 is 0 Å². The van der Waals surface area contributed by atoms with Crippen molar-refractivity contribution in [3.05, 3.63) is 35.4 Å². The Morgan fingerprint density at radius 3 is 2.30 bits per heavy atom. The van der Waals surface area contributed by atoms with Crippen LogP contribution in [0.3, 0.4) is 0 Å². The van der Waals surface area contributed by atoms with Crippen LogP contribution in [-0.4, -0.2) is 30.6 Å². The van der Waals surface area contributed by atoms with Gasteiger partial charge in [0, 0.05) is 12.6 Å². The van der Waals surface area contributed by atoms with Crippen molar-refractivity contribution in [1.82, 2.24) is 10.2 Å². The molecule has 1 aromatic carbocycles. The number of hydrogen-bond donors (Lipinski definition) is 1. The second-order valence-corrected chi connectivity index (χ2v) is 5.83. The van der Waals surface area contributed by atoms with Gasteiger partial charge in [0.15, 0.2) is 0 Å². The summed E-state index contributed by atoms with van der Waals surface area (Å²) in [6.45, 7) is 13.5. The third kappa shape index (κ3) is 6.06. The fourth-order valence-corrected chi connectivity index (χ4v) is 2.51. The lowest BCUT2D eigenvalue weighted by atomic mass is 10.0. The highest BCUT2D eigenvalue weighted by atomic mass is 15.1. The van der Waals surface area contributed by atoms with E-state index in [-0.39, 0.29) is 0 Å². The second-order valence-electron chi connectivity index (χ2n) is 5.83. The van der Waals surface area contributed by atoms with Crippen LogP contribution in [0.1, 0.15) is 51.7 Å². The molecule has 20 heavy (non-hydrogen) atoms. The van der Waals surface area contributed by atoms with Crippen molar-refractivity contribution in [3.63, 3.8) is 0 Å². The lowest BCUT2D eigenvalue weighted by molar-refractivity contribution is 0.212. The van der Waals surface area contributed by atoms with Crippen molar-refractivity contribution < 1.29 is 0 Å². The standard InChI is InChI=1S/C18H32N2/c1-5-12-19-13-11-17-9-7-8-10-18(17)15-20(14-6-2)16(3)4/h7-10,16,19H,5-6,11-15H2,1-4H3. The van der Waals surface area contributed by atoms with Crippen molar-refractivity contribution in [2.75, 3.05) is 19.6 Å². The Kier molecular flexibility index (Phi) is 8.56. The molecule has 1 rings (SSSR count). The Labute approximate surface area is 125 Å². The van der Waals surface area contributed by atoms with Gasteiger partial charge in [-0.2, -0.15) is 0 Å². The molecule has 0 saturated heterocycles. The molecule has 0 aliphatic carbocycles. The first-order valence-electron chi connectivity index (χ1n) is 8.20. The molecule has 1 aromatic rings. The highest BCUT2D eigenvalue weighted by Gasteiger charge is 2.11. The van der Waals surface area contributed by atoms with Gasteiger partial charge in [0.25, 0.3) is 0 Å². The lowest BCUT2D eigenvalue weighted by Crippen LogP contribution is -2.31. The Morgan fingerprint density at radius 1 is 1.00 bits per heavy atom. The molecule has 0 heterocycles. The summed E-state index contributed by atoms with van der Waals surface area (Å²) in [5.74, 6) is 0. The summed E-state index contributed by atoms with van der Waals surface area (Å²) in [5, 5.41) is 3.50. The minimum Gasteiger partial charge on any atom is -0.316 e. The van der Waals surface area contributed by atoms with Crippen LogP contribution in [-0.2, 0) is 13.0 Å². The summed E-state index contributed by atoms with van der Waals surface area (Å²) in [5.41, 5.74) is 2.99. The number of nitrogens with one attached hydrogen (secondary N) is 1. The first-order valence-corrected chi connectivity index (χ1v) is 8.20. The van der Waals surface area contributed by atoms with Gasteiger partial charge in [-0.15, -0.1) is 0 Å². The highest BCUT2D eigenvalue weighted by molar-refractivity contribution is 5.27. The van der Waals surface area contributed by atoms with Crippen LogP contribution in [0, 0.1) is 0 Å². The van der Waals surface area contributed by atoms with E-state index in [1.54, 1.807) is 0 Å². The van der Waals surface area contributed by atoms with Crippen LogP contribution in [0.4, 0.5) is 0 Å². The Balaban J connectivity index is 2.63. The van der Waals surface area contributed by atoms with Gasteiger partial charge in [-0.1, -0.05) is 38.1 Å². The van der Waals surface area contributed by atoms with Gasteiger partial charge in [0.1, 0.15) is 0 Å². The first kappa shape index (κ1) is 17.2. The van der Waals surface area contributed by atoms with E-state index < -0.39 is 0 Å². The normalized spacial score (nSPS) is 11.5. The maximum atomic E-state index is 3.50. The number of nitrogens with zero attached hydrogens (tertiary/aromatic N) is 1. The smallest absolute Gasteiger partial charge is 0.0239 e. The Morgan fingerprint density at radius 2 is 1.70 bits per heavy atom. The van der Waals surface area contributed by atoms with E-state index in [0.29, 0.717) is 6.04 Å². The number of benzene rings is 1. The predicted molar refractivity (Wildman–Crippen MR) is 89.1 cm³/mol. The summed E-state index contributed by atoms with van der Waals surface area (Å²) >= 11 is 0. The summed E-state index contributed by atoms with van der Waals surface area (Å²) in [4.78, 5) is 2.57. The molecule has 0 aromatic heterocycles. The molecule has 1 N–H and O–H groups in total. The van der Waals surface area contributed by atoms with Gasteiger partial charge in [0.2, 0.25) is 0 Å². The molecular weight excluding hydrogens is 244 g/mol. The topological polar surface area (TPSA) is 15.3 Å². The molecule has 0 amide bonds. The average Bonchev–Trinajstić information content (AvgIpc) is 2.44. The largest absolute Gasteiger partial charge is 0.316 e. The van der Waals surface area contributed by atoms with Crippen molar-refractivity contribution in [1.29, 1.82) is 0 Å². The van der Waals surface area contributed by atoms with E-state index in [1.807, 2.05) is 0 Å². The molecule has 0 bridgehead atoms. The van der Waals surface area contributed by atoms with E-state index in [9.17, 15) is 0 Å². The fourth-order valence-electron chi connectivity index (χ4n) is 2.51. The van der Waals surface area contributed by atoms with Crippen molar-refractivity contribution in [2.45, 2.75) is 59.5 Å². The summed E-state index contributed by atoms with van der Waals surface area (Å²) in [6, 6.07) is 9.52. The molecule has 0 spiro atoms. The van der Waals surface area contributed by atoms with E-state index in [2.05, 4.69) is 62.2 Å². The molecule has 0 fully saturated rings. The summed E-state index contributed by atoms with van der Waals surface area (Å²) < 4.78 is 0. The SMILES string of the molecule is CCCNCCc1ccccc1CN(CCC)C(C)C. The molecule has 2 heteroatoms. The molecule has 0 unspecified atom stereocenters. The quantitative estimate of drug-likeness (QED) is 0.653. The van der Waals surface area contributed by atoms with Crippen LogP contribution < -0.4 is 5.32 Å². The second kappa shape index (κ2) is 9.95. The van der Waals surface area contributed by atoms with Gasteiger partial charge in [-0.05, 0) is 63.9 Å². The Bertz CT molecular complexity index is 360. The maximum absolute atomic E-state index is 3.50. The van der Waals surface area contributed by atoms with Crippen LogP contribution in [0.15, 0.2) is 24.3 Å². The molecule has 0 radical (unpaired) electrons. The van der Waals surface area contributed by atoms with Crippen molar-refractivity contribution in [3.8, 4) is 0 Å². The maximum Gasteiger partial charge on any atom is 0.0239 e. The third-order valence-corrected chi connectivity index (χ3v) is 3.73. The van der Waals surface area contributed by atoms with Crippen LogP contribution >= 0.6 is 0 Å². The van der Waals surface area contributed by atoms with Gasteiger partial charge >= 0.3 is 0 Å². The van der Waals surface area contributed by atoms with E-state index in [0.717, 1.165) is 26.1 Å². The zero-order valence-electron chi connectivity index (χ0n) is 13.8. The number of rotatable bonds is 10. The van der Waals surface area contributed by atoms with Crippen LogP contribution in [0.5, 0.6) is 0 Å². The molecule has 0 aliphatic rings. The minimum absolute atomic E-state index is 0.612. The number of hydrogen-bond acceptors (Lipinski definition) is 2. The zero-order valence-corrected chi connectivity index (χ0v) is 13.8. The van der Waals surface area contributed by atoms with E-state index >= 15 is 0 Å². The summed E-state index contributed by atoms with van der Waals surface area (Å²) in [6.07, 6.45) is 3.56. The molecule has 2 nitrogen and oxygen atoms in total. The summed E-state index contributed by atoms with van der Waals surface area (Å²) in [7, 11) is 0. The average molecular weight is 276 g/mol. The van der Waals surface area contributed by atoms with E-state index in [1.165, 1.54) is 30.5 Å². The van der Waals surface area contributed by atoms with Crippen LogP contribution in [0.25, 0.3) is 0 Å². The molecule has 0 atom stereocenters. The van der Waals surface area contributed by atoms with Gasteiger partial charge in [0.05, 0.1) is 0 Å². The molecular formula is C18H32N2. The Hall–Kier alpha value is -0.860. The van der Waals surface area contributed by atoms with Crippen molar-refractivity contribution in [2.24, 2.45) is 0 Å². The highest BCUT2D eigenvalue weighted by Crippen LogP contribution is 2.14. The third-order valence-electron chi connectivity index (χ3n) is 3.73. The van der Waals surface area contributed by atoms with E-state index in [4.69, 9.17) is 0 Å². The first-order chi connectivity index (χ1) is 9.69. The molecule has 0 aliphatic heterocycles. The molecule has 0 saturated carbocycles.